The average molecular weight is 391 g/mol. The number of para-hydroxylation sites is 1. The molecule has 0 atom stereocenters. The second-order valence-corrected chi connectivity index (χ2v) is 5.64. The Hall–Kier alpha value is -2.15. The van der Waals surface area contributed by atoms with Gasteiger partial charge in [-0.05, 0) is 46.9 Å². The number of nitrogens with zero attached hydrogens (tertiary/aromatic N) is 1. The summed E-state index contributed by atoms with van der Waals surface area (Å²) in [5.41, 5.74) is 0.777. The Morgan fingerprint density at radius 2 is 1.90 bits per heavy atom. The van der Waals surface area contributed by atoms with Gasteiger partial charge in [0.1, 0.15) is 5.75 Å². The lowest BCUT2D eigenvalue weighted by Crippen LogP contribution is -2.00. The zero-order chi connectivity index (χ0) is 14.8. The van der Waals surface area contributed by atoms with Crippen LogP contribution in [0.5, 0.6) is 11.6 Å². The SMILES string of the molecule is O=C(O)c1cc(Oc2cccc(I)c2)nc2ccccc12. The van der Waals surface area contributed by atoms with Gasteiger partial charge in [-0.15, -0.1) is 0 Å². The minimum Gasteiger partial charge on any atom is -0.478 e. The molecule has 4 nitrogen and oxygen atoms in total. The zero-order valence-electron chi connectivity index (χ0n) is 10.8. The molecule has 1 aromatic heterocycles. The van der Waals surface area contributed by atoms with Crippen molar-refractivity contribution in [1.82, 2.24) is 4.98 Å². The van der Waals surface area contributed by atoms with Gasteiger partial charge in [-0.1, -0.05) is 24.3 Å². The van der Waals surface area contributed by atoms with E-state index in [4.69, 9.17) is 4.74 Å². The van der Waals surface area contributed by atoms with E-state index < -0.39 is 5.97 Å². The van der Waals surface area contributed by atoms with E-state index in [2.05, 4.69) is 27.6 Å². The first-order chi connectivity index (χ1) is 10.1. The number of fused-ring (bicyclic) bond motifs is 1. The molecule has 0 amide bonds. The smallest absolute Gasteiger partial charge is 0.336 e. The number of carboxylic acid groups (broad SMARTS) is 1. The first-order valence-corrected chi connectivity index (χ1v) is 7.28. The number of ether oxygens (including phenoxy) is 1. The quantitative estimate of drug-likeness (QED) is 0.676. The van der Waals surface area contributed by atoms with E-state index in [1.54, 1.807) is 24.3 Å². The molecule has 2 aromatic carbocycles. The van der Waals surface area contributed by atoms with Gasteiger partial charge in [0, 0.05) is 15.0 Å². The van der Waals surface area contributed by atoms with Crippen molar-refractivity contribution in [3.8, 4) is 11.6 Å². The molecular formula is C16H10INO3. The molecule has 0 saturated carbocycles. The van der Waals surface area contributed by atoms with Gasteiger partial charge in [0.2, 0.25) is 5.88 Å². The largest absolute Gasteiger partial charge is 0.478 e. The molecule has 0 aliphatic rings. The van der Waals surface area contributed by atoms with Crippen LogP contribution in [0.1, 0.15) is 10.4 Å². The number of rotatable bonds is 3. The summed E-state index contributed by atoms with van der Waals surface area (Å²) in [5, 5.41) is 9.93. The number of pyridine rings is 1. The Balaban J connectivity index is 2.09. The van der Waals surface area contributed by atoms with Crippen molar-refractivity contribution in [1.29, 1.82) is 0 Å². The molecule has 0 saturated heterocycles. The number of aromatic nitrogens is 1. The van der Waals surface area contributed by atoms with E-state index in [1.165, 1.54) is 6.07 Å². The lowest BCUT2D eigenvalue weighted by atomic mass is 10.1. The van der Waals surface area contributed by atoms with E-state index >= 15 is 0 Å². The molecule has 3 rings (SSSR count). The molecule has 1 N–H and O–H groups in total. The van der Waals surface area contributed by atoms with E-state index in [1.807, 2.05) is 24.3 Å². The second-order valence-electron chi connectivity index (χ2n) is 4.39. The molecule has 21 heavy (non-hydrogen) atoms. The van der Waals surface area contributed by atoms with Crippen LogP contribution in [-0.4, -0.2) is 16.1 Å². The van der Waals surface area contributed by atoms with Crippen molar-refractivity contribution in [2.45, 2.75) is 0 Å². The molecule has 0 spiro atoms. The van der Waals surface area contributed by atoms with Crippen molar-refractivity contribution >= 4 is 39.5 Å². The summed E-state index contributed by atoms with van der Waals surface area (Å²) in [6.07, 6.45) is 0. The summed E-state index contributed by atoms with van der Waals surface area (Å²) in [4.78, 5) is 15.7. The van der Waals surface area contributed by atoms with E-state index in [0.29, 0.717) is 16.7 Å². The molecule has 0 unspecified atom stereocenters. The minimum atomic E-state index is -0.999. The molecule has 1 heterocycles. The third-order valence-electron chi connectivity index (χ3n) is 2.94. The molecule has 3 aromatic rings. The fraction of sp³-hybridized carbons (Fsp3) is 0. The molecule has 0 radical (unpaired) electrons. The molecule has 0 aliphatic heterocycles. The number of aromatic carboxylic acids is 1. The van der Waals surface area contributed by atoms with Gasteiger partial charge in [0.15, 0.2) is 0 Å². The number of carbonyl (C=O) groups is 1. The van der Waals surface area contributed by atoms with Gasteiger partial charge in [-0.2, -0.15) is 0 Å². The van der Waals surface area contributed by atoms with Crippen LogP contribution in [0.3, 0.4) is 0 Å². The van der Waals surface area contributed by atoms with Gasteiger partial charge in [-0.25, -0.2) is 9.78 Å². The van der Waals surface area contributed by atoms with Crippen molar-refractivity contribution < 1.29 is 14.6 Å². The maximum Gasteiger partial charge on any atom is 0.336 e. The van der Waals surface area contributed by atoms with Crippen LogP contribution < -0.4 is 4.74 Å². The van der Waals surface area contributed by atoms with Crippen LogP contribution in [0, 0.1) is 3.57 Å². The highest BCUT2D eigenvalue weighted by molar-refractivity contribution is 14.1. The third-order valence-corrected chi connectivity index (χ3v) is 3.61. The third kappa shape index (κ3) is 2.97. The lowest BCUT2D eigenvalue weighted by molar-refractivity contribution is 0.0698. The summed E-state index contributed by atoms with van der Waals surface area (Å²) in [5.74, 6) is -0.102. The van der Waals surface area contributed by atoms with Crippen molar-refractivity contribution in [2.24, 2.45) is 0 Å². The number of hydrogen-bond donors (Lipinski definition) is 1. The van der Waals surface area contributed by atoms with E-state index in [0.717, 1.165) is 3.57 Å². The minimum absolute atomic E-state index is 0.182. The summed E-state index contributed by atoms with van der Waals surface area (Å²) in [7, 11) is 0. The summed E-state index contributed by atoms with van der Waals surface area (Å²) < 4.78 is 6.71. The van der Waals surface area contributed by atoms with Crippen LogP contribution in [0.15, 0.2) is 54.6 Å². The normalized spacial score (nSPS) is 10.5. The number of benzene rings is 2. The summed E-state index contributed by atoms with van der Waals surface area (Å²) in [6.45, 7) is 0. The molecular weight excluding hydrogens is 381 g/mol. The Morgan fingerprint density at radius 3 is 2.67 bits per heavy atom. The first kappa shape index (κ1) is 13.8. The monoisotopic (exact) mass is 391 g/mol. The highest BCUT2D eigenvalue weighted by Crippen LogP contribution is 2.26. The van der Waals surface area contributed by atoms with E-state index in [-0.39, 0.29) is 11.4 Å². The summed E-state index contributed by atoms with van der Waals surface area (Å²) >= 11 is 2.19. The van der Waals surface area contributed by atoms with Crippen molar-refractivity contribution in [2.75, 3.05) is 0 Å². The highest BCUT2D eigenvalue weighted by atomic mass is 127. The highest BCUT2D eigenvalue weighted by Gasteiger charge is 2.12. The van der Waals surface area contributed by atoms with Crippen LogP contribution in [0.2, 0.25) is 0 Å². The molecule has 0 fully saturated rings. The van der Waals surface area contributed by atoms with Crippen LogP contribution >= 0.6 is 22.6 Å². The van der Waals surface area contributed by atoms with Gasteiger partial charge in [0.05, 0.1) is 11.1 Å². The molecule has 104 valence electrons. The Morgan fingerprint density at radius 1 is 1.10 bits per heavy atom. The van der Waals surface area contributed by atoms with Gasteiger partial charge >= 0.3 is 5.97 Å². The van der Waals surface area contributed by atoms with Gasteiger partial charge in [0.25, 0.3) is 0 Å². The zero-order valence-corrected chi connectivity index (χ0v) is 12.9. The van der Waals surface area contributed by atoms with E-state index in [9.17, 15) is 9.90 Å². The van der Waals surface area contributed by atoms with Crippen molar-refractivity contribution in [3.63, 3.8) is 0 Å². The Labute approximate surface area is 134 Å². The molecule has 5 heteroatoms. The number of halogens is 1. The molecule has 0 bridgehead atoms. The van der Waals surface area contributed by atoms with Gasteiger partial charge in [-0.3, -0.25) is 0 Å². The Kier molecular flexibility index (Phi) is 3.74. The maximum atomic E-state index is 11.4. The fourth-order valence-corrected chi connectivity index (χ4v) is 2.55. The van der Waals surface area contributed by atoms with Crippen molar-refractivity contribution in [3.05, 3.63) is 63.7 Å². The standard InChI is InChI=1S/C16H10INO3/c17-10-4-3-5-11(8-10)21-15-9-13(16(19)20)12-6-1-2-7-14(12)18-15/h1-9H,(H,19,20). The second kappa shape index (κ2) is 5.69. The number of hydrogen-bond acceptors (Lipinski definition) is 3. The Bertz CT molecular complexity index is 833. The first-order valence-electron chi connectivity index (χ1n) is 6.20. The van der Waals surface area contributed by atoms with Gasteiger partial charge < -0.3 is 9.84 Å². The number of carboxylic acids is 1. The summed E-state index contributed by atoms with van der Waals surface area (Å²) in [6, 6.07) is 16.0. The lowest BCUT2D eigenvalue weighted by Gasteiger charge is -2.08. The topological polar surface area (TPSA) is 59.4 Å². The molecule has 0 aliphatic carbocycles. The average Bonchev–Trinajstić information content (AvgIpc) is 2.46. The van der Waals surface area contributed by atoms with Crippen LogP contribution in [-0.2, 0) is 0 Å². The van der Waals surface area contributed by atoms with Crippen LogP contribution in [0.25, 0.3) is 10.9 Å². The maximum absolute atomic E-state index is 11.4. The predicted octanol–water partition coefficient (Wildman–Crippen LogP) is 4.33. The van der Waals surface area contributed by atoms with Crippen LogP contribution in [0.4, 0.5) is 0 Å². The fourth-order valence-electron chi connectivity index (χ4n) is 2.03. The predicted molar refractivity (Wildman–Crippen MR) is 87.9 cm³/mol.